The van der Waals surface area contributed by atoms with Gasteiger partial charge < -0.3 is 0 Å². The highest BCUT2D eigenvalue weighted by Gasteiger charge is 2.35. The van der Waals surface area contributed by atoms with E-state index in [0.717, 1.165) is 43.5 Å². The zero-order valence-corrected chi connectivity index (χ0v) is 32.0. The van der Waals surface area contributed by atoms with Crippen molar-refractivity contribution in [2.24, 2.45) is 39.6 Å². The Balaban J connectivity index is 0.913. The molecule has 1 heterocycles. The van der Waals surface area contributed by atoms with Crippen molar-refractivity contribution in [2.75, 3.05) is 0 Å². The van der Waals surface area contributed by atoms with Crippen LogP contribution >= 0.6 is 0 Å². The molecule has 6 atom stereocenters. The van der Waals surface area contributed by atoms with Gasteiger partial charge in [-0.25, -0.2) is 4.99 Å². The van der Waals surface area contributed by atoms with Crippen LogP contribution in [0.15, 0.2) is 158 Å². The predicted octanol–water partition coefficient (Wildman–Crippen LogP) is 13.2. The van der Waals surface area contributed by atoms with Crippen LogP contribution in [0.2, 0.25) is 0 Å². The van der Waals surface area contributed by atoms with E-state index in [0.29, 0.717) is 29.6 Å². The number of hydrogen-bond acceptors (Lipinski definition) is 2. The largest absolute Gasteiger partial charge is 0.258 e. The number of aliphatic imine (C=N–C) groups is 2. The maximum atomic E-state index is 5.36. The summed E-state index contributed by atoms with van der Waals surface area (Å²) in [4.78, 5) is 10.7. The lowest BCUT2D eigenvalue weighted by Crippen LogP contribution is -2.27. The molecule has 1 aromatic rings. The molecule has 0 saturated heterocycles. The molecule has 272 valence electrons. The second kappa shape index (κ2) is 15.7. The fourth-order valence-electron chi connectivity index (χ4n) is 11.0. The second-order valence-corrected chi connectivity index (χ2v) is 17.1. The monoisotopic (exact) mass is 698 g/mol. The third kappa shape index (κ3) is 7.53. The second-order valence-electron chi connectivity index (χ2n) is 17.1. The first-order chi connectivity index (χ1) is 26.2. The Hall–Kier alpha value is -4.04. The van der Waals surface area contributed by atoms with Crippen LogP contribution in [-0.2, 0) is 0 Å². The molecule has 6 unspecified atom stereocenters. The first-order valence-corrected chi connectivity index (χ1v) is 21.3. The highest BCUT2D eigenvalue weighted by molar-refractivity contribution is 6.14. The predicted molar refractivity (Wildman–Crippen MR) is 224 cm³/mol. The lowest BCUT2D eigenvalue weighted by Gasteiger charge is -2.38. The Labute approximate surface area is 319 Å². The van der Waals surface area contributed by atoms with Crippen LogP contribution in [0.5, 0.6) is 0 Å². The lowest BCUT2D eigenvalue weighted by molar-refractivity contribution is 0.417. The van der Waals surface area contributed by atoms with E-state index in [1.807, 2.05) is 0 Å². The molecule has 53 heavy (non-hydrogen) atoms. The number of nitrogens with zero attached hydrogens (tertiary/aromatic N) is 2. The molecule has 0 bridgehead atoms. The highest BCUT2D eigenvalue weighted by Crippen LogP contribution is 2.47. The zero-order valence-electron chi connectivity index (χ0n) is 32.0. The molecule has 2 heteroatoms. The number of hydrogen-bond donors (Lipinski definition) is 0. The Kier molecular flexibility index (Phi) is 10.3. The van der Waals surface area contributed by atoms with E-state index in [4.69, 9.17) is 9.98 Å². The van der Waals surface area contributed by atoms with Crippen molar-refractivity contribution >= 4 is 11.5 Å². The van der Waals surface area contributed by atoms with E-state index < -0.39 is 0 Å². The summed E-state index contributed by atoms with van der Waals surface area (Å²) in [5, 5.41) is 0. The average molecular weight is 699 g/mol. The van der Waals surface area contributed by atoms with Crippen molar-refractivity contribution in [1.82, 2.24) is 0 Å². The van der Waals surface area contributed by atoms with Gasteiger partial charge in [-0.15, -0.1) is 0 Å². The van der Waals surface area contributed by atoms with Crippen molar-refractivity contribution in [3.8, 4) is 0 Å². The van der Waals surface area contributed by atoms with E-state index in [1.165, 1.54) is 87.5 Å². The summed E-state index contributed by atoms with van der Waals surface area (Å²) in [5.41, 5.74) is 15.6. The van der Waals surface area contributed by atoms with Crippen molar-refractivity contribution in [3.63, 3.8) is 0 Å². The van der Waals surface area contributed by atoms with Crippen LogP contribution < -0.4 is 0 Å². The van der Waals surface area contributed by atoms with Gasteiger partial charge >= 0.3 is 0 Å². The Morgan fingerprint density at radius 1 is 0.642 bits per heavy atom. The molecule has 0 spiro atoms. The summed E-state index contributed by atoms with van der Waals surface area (Å²) < 4.78 is 0. The van der Waals surface area contributed by atoms with Crippen molar-refractivity contribution in [3.05, 3.63) is 153 Å². The van der Waals surface area contributed by atoms with Gasteiger partial charge in [-0.1, -0.05) is 138 Å². The molecule has 1 aromatic carbocycles. The zero-order chi connectivity index (χ0) is 35.6. The minimum absolute atomic E-state index is 0.204. The SMILES string of the molecule is CC1C=CC=C(C2CCC3=C(CCC=C3)C2)C1C1=CC=C(C2CCC=C(C3=NC(c4ccccc4)=NC(C4=CCC(C5=CC=CCC5)CC4)C3)C2)CC1. The van der Waals surface area contributed by atoms with Gasteiger partial charge in [-0.2, -0.15) is 0 Å². The minimum Gasteiger partial charge on any atom is -0.258 e. The third-order valence-electron chi connectivity index (χ3n) is 14.0. The summed E-state index contributed by atoms with van der Waals surface area (Å²) >= 11 is 0. The normalized spacial score (nSPS) is 31.6. The number of benzene rings is 1. The van der Waals surface area contributed by atoms with Gasteiger partial charge in [0.15, 0.2) is 5.84 Å². The molecule has 1 aliphatic heterocycles. The van der Waals surface area contributed by atoms with Crippen LogP contribution in [0.3, 0.4) is 0 Å². The van der Waals surface area contributed by atoms with Crippen LogP contribution in [-0.4, -0.2) is 17.6 Å². The smallest absolute Gasteiger partial charge is 0.155 e. The number of amidine groups is 1. The van der Waals surface area contributed by atoms with Gasteiger partial charge in [0.25, 0.3) is 0 Å². The Bertz CT molecular complexity index is 1960. The Morgan fingerprint density at radius 3 is 2.32 bits per heavy atom. The average Bonchev–Trinajstić information content (AvgIpc) is 3.24. The van der Waals surface area contributed by atoms with E-state index in [9.17, 15) is 0 Å². The first kappa shape index (κ1) is 34.7. The quantitative estimate of drug-likeness (QED) is 0.253. The topological polar surface area (TPSA) is 24.7 Å². The summed E-state index contributed by atoms with van der Waals surface area (Å²) in [6, 6.07) is 10.9. The van der Waals surface area contributed by atoms with Gasteiger partial charge in [0.05, 0.1) is 6.04 Å². The molecule has 0 N–H and O–H groups in total. The van der Waals surface area contributed by atoms with E-state index in [2.05, 4.69) is 110 Å². The van der Waals surface area contributed by atoms with E-state index >= 15 is 0 Å². The van der Waals surface area contributed by atoms with Gasteiger partial charge in [-0.3, -0.25) is 4.99 Å². The van der Waals surface area contributed by atoms with Gasteiger partial charge in [-0.05, 0) is 137 Å². The Morgan fingerprint density at radius 2 is 1.49 bits per heavy atom. The summed E-state index contributed by atoms with van der Waals surface area (Å²) in [5.74, 6) is 4.09. The fraction of sp³-hybridized carbons (Fsp3) is 0.451. The molecule has 0 fully saturated rings. The highest BCUT2D eigenvalue weighted by atomic mass is 15.0. The van der Waals surface area contributed by atoms with Crippen molar-refractivity contribution in [1.29, 1.82) is 0 Å². The summed E-state index contributed by atoms with van der Waals surface area (Å²) in [6.07, 6.45) is 48.6. The lowest BCUT2D eigenvalue weighted by atomic mass is 9.66. The maximum Gasteiger partial charge on any atom is 0.155 e. The fourth-order valence-corrected chi connectivity index (χ4v) is 11.0. The molecule has 7 aliphatic carbocycles. The summed E-state index contributed by atoms with van der Waals surface area (Å²) in [6.45, 7) is 2.46. The van der Waals surface area contributed by atoms with Crippen molar-refractivity contribution < 1.29 is 0 Å². The molecule has 0 aromatic heterocycles. The van der Waals surface area contributed by atoms with Crippen LogP contribution in [0.4, 0.5) is 0 Å². The number of rotatable bonds is 7. The minimum atomic E-state index is 0.204. The van der Waals surface area contributed by atoms with Crippen LogP contribution in [0, 0.1) is 29.6 Å². The number of allylic oxidation sites excluding steroid dienone is 19. The standard InChI is InChI=1S/C51H58N2/c1-35-12-10-21-47(45-31-26-37-15-8-9-18-43(37)32-45)50(35)41-29-24-39(25-30-41)44-19-11-20-46(33-44)49-34-48(52-51(53-49)42-16-6-3-7-17-42)40-27-22-38(23-28-40)36-13-4-2-5-14-36/h2-4,6-8,10,12-13,15-17,20-21,24,27,29,35,38,44-45,48,50H,5,9,11,14,18-19,22-23,25-26,28,30-34H2,1H3. The molecule has 9 rings (SSSR count). The van der Waals surface area contributed by atoms with Crippen LogP contribution in [0.25, 0.3) is 0 Å². The molecular formula is C51H58N2. The molecule has 0 radical (unpaired) electrons. The molecular weight excluding hydrogens is 641 g/mol. The van der Waals surface area contributed by atoms with E-state index in [-0.39, 0.29) is 6.04 Å². The maximum absolute atomic E-state index is 5.36. The summed E-state index contributed by atoms with van der Waals surface area (Å²) in [7, 11) is 0. The van der Waals surface area contributed by atoms with Crippen molar-refractivity contribution in [2.45, 2.75) is 116 Å². The molecule has 0 amide bonds. The van der Waals surface area contributed by atoms with Gasteiger partial charge in [0.1, 0.15) is 0 Å². The third-order valence-corrected chi connectivity index (χ3v) is 14.0. The molecule has 8 aliphatic rings. The first-order valence-electron chi connectivity index (χ1n) is 21.3. The van der Waals surface area contributed by atoms with Crippen LogP contribution in [0.1, 0.15) is 115 Å². The van der Waals surface area contributed by atoms with E-state index in [1.54, 1.807) is 33.4 Å². The van der Waals surface area contributed by atoms with Gasteiger partial charge in [0.2, 0.25) is 0 Å². The van der Waals surface area contributed by atoms with Gasteiger partial charge in [0, 0.05) is 23.6 Å². The molecule has 0 saturated carbocycles. The molecule has 2 nitrogen and oxygen atoms in total.